The first-order valence-corrected chi connectivity index (χ1v) is 8.36. The Kier molecular flexibility index (Phi) is 6.43. The molecule has 1 heterocycles. The Hall–Kier alpha value is -0.970. The molecule has 1 aromatic heterocycles. The Morgan fingerprint density at radius 1 is 1.30 bits per heavy atom. The van der Waals surface area contributed by atoms with E-state index in [1.54, 1.807) is 7.11 Å². The van der Waals surface area contributed by atoms with E-state index in [2.05, 4.69) is 47.3 Å². The average Bonchev–Trinajstić information content (AvgIpc) is 2.88. The van der Waals surface area contributed by atoms with Crippen molar-refractivity contribution in [3.63, 3.8) is 0 Å². The lowest BCUT2D eigenvalue weighted by Crippen LogP contribution is -2.19. The molecule has 0 amide bonds. The van der Waals surface area contributed by atoms with Gasteiger partial charge in [0.15, 0.2) is 0 Å². The molecule has 0 atom stereocenters. The van der Waals surface area contributed by atoms with Crippen LogP contribution in [0.4, 0.5) is 0 Å². The second-order valence-corrected chi connectivity index (χ2v) is 6.12. The predicted molar refractivity (Wildman–Crippen MR) is 88.5 cm³/mol. The average molecular weight is 292 g/mol. The molecule has 20 heavy (non-hydrogen) atoms. The van der Waals surface area contributed by atoms with Crippen LogP contribution in [0.5, 0.6) is 0 Å². The molecule has 4 heteroatoms. The molecule has 0 fully saturated rings. The largest absolute Gasteiger partial charge is 0.383 e. The zero-order chi connectivity index (χ0) is 14.2. The number of aryl methyl sites for hydroxylation is 1. The normalized spacial score (nSPS) is 11.3. The van der Waals surface area contributed by atoms with E-state index in [4.69, 9.17) is 4.74 Å². The van der Waals surface area contributed by atoms with Crippen molar-refractivity contribution in [2.45, 2.75) is 20.0 Å². The molecule has 0 spiro atoms. The van der Waals surface area contributed by atoms with Crippen LogP contribution in [0.2, 0.25) is 0 Å². The van der Waals surface area contributed by atoms with E-state index in [1.165, 1.54) is 28.0 Å². The van der Waals surface area contributed by atoms with Gasteiger partial charge in [-0.15, -0.1) is 0 Å². The summed E-state index contributed by atoms with van der Waals surface area (Å²) in [6, 6.07) is 8.76. The summed E-state index contributed by atoms with van der Waals surface area (Å²) in [6.07, 6.45) is 2.21. The van der Waals surface area contributed by atoms with Crippen LogP contribution >= 0.6 is 11.8 Å². The van der Waals surface area contributed by atoms with Gasteiger partial charge in [0.05, 0.1) is 12.1 Å². The number of benzene rings is 1. The highest BCUT2D eigenvalue weighted by Crippen LogP contribution is 2.21. The number of para-hydroxylation sites is 1. The van der Waals surface area contributed by atoms with Gasteiger partial charge in [-0.1, -0.05) is 25.1 Å². The van der Waals surface area contributed by atoms with Gasteiger partial charge in [0.2, 0.25) is 0 Å². The molecule has 0 radical (unpaired) electrons. The van der Waals surface area contributed by atoms with Gasteiger partial charge in [-0.3, -0.25) is 0 Å². The van der Waals surface area contributed by atoms with Gasteiger partial charge >= 0.3 is 0 Å². The van der Waals surface area contributed by atoms with E-state index in [9.17, 15) is 0 Å². The van der Waals surface area contributed by atoms with E-state index in [-0.39, 0.29) is 0 Å². The Morgan fingerprint density at radius 2 is 2.20 bits per heavy atom. The second-order valence-electron chi connectivity index (χ2n) is 4.73. The molecule has 0 saturated carbocycles. The molecule has 110 valence electrons. The van der Waals surface area contributed by atoms with Crippen LogP contribution in [0.15, 0.2) is 30.5 Å². The molecule has 2 rings (SSSR count). The van der Waals surface area contributed by atoms with E-state index in [0.717, 1.165) is 26.2 Å². The smallest absolute Gasteiger partial charge is 0.0587 e. The Balaban J connectivity index is 2.09. The number of thioether (sulfide) groups is 1. The monoisotopic (exact) mass is 292 g/mol. The van der Waals surface area contributed by atoms with E-state index in [1.807, 2.05) is 11.8 Å². The minimum Gasteiger partial charge on any atom is -0.383 e. The van der Waals surface area contributed by atoms with Crippen LogP contribution < -0.4 is 5.32 Å². The van der Waals surface area contributed by atoms with Crippen molar-refractivity contribution in [1.29, 1.82) is 0 Å². The fourth-order valence-corrected chi connectivity index (χ4v) is 2.99. The maximum atomic E-state index is 5.07. The number of nitrogens with zero attached hydrogens (tertiary/aromatic N) is 1. The second kappa shape index (κ2) is 8.35. The third-order valence-corrected chi connectivity index (χ3v) is 4.23. The van der Waals surface area contributed by atoms with Crippen molar-refractivity contribution in [2.24, 2.45) is 0 Å². The van der Waals surface area contributed by atoms with Gasteiger partial charge in [0.25, 0.3) is 0 Å². The summed E-state index contributed by atoms with van der Waals surface area (Å²) in [6.45, 7) is 5.83. The minimum atomic E-state index is 0.754. The zero-order valence-electron chi connectivity index (χ0n) is 12.4. The van der Waals surface area contributed by atoms with Crippen molar-refractivity contribution in [1.82, 2.24) is 9.88 Å². The van der Waals surface area contributed by atoms with Crippen molar-refractivity contribution in [3.8, 4) is 0 Å². The molecule has 0 saturated heterocycles. The molecule has 2 aromatic rings. The molecule has 0 bridgehead atoms. The lowest BCUT2D eigenvalue weighted by Gasteiger charge is -2.10. The number of rotatable bonds is 9. The summed E-state index contributed by atoms with van der Waals surface area (Å²) in [5.74, 6) is 2.36. The summed E-state index contributed by atoms with van der Waals surface area (Å²) < 4.78 is 7.45. The molecule has 0 aliphatic heterocycles. The maximum Gasteiger partial charge on any atom is 0.0587 e. The van der Waals surface area contributed by atoms with Crippen LogP contribution in [0.1, 0.15) is 12.5 Å². The summed E-state index contributed by atoms with van der Waals surface area (Å²) in [5, 5.41) is 4.77. The van der Waals surface area contributed by atoms with Crippen LogP contribution in [0.3, 0.4) is 0 Å². The first-order valence-electron chi connectivity index (χ1n) is 7.21. The first kappa shape index (κ1) is 15.4. The fourth-order valence-electron chi connectivity index (χ4n) is 2.37. The van der Waals surface area contributed by atoms with E-state index >= 15 is 0 Å². The van der Waals surface area contributed by atoms with Crippen LogP contribution in [0.25, 0.3) is 10.9 Å². The molecule has 0 aliphatic rings. The lowest BCUT2D eigenvalue weighted by molar-refractivity contribution is 0.199. The number of hydrogen-bond acceptors (Lipinski definition) is 3. The highest BCUT2D eigenvalue weighted by molar-refractivity contribution is 7.99. The summed E-state index contributed by atoms with van der Waals surface area (Å²) in [4.78, 5) is 0. The molecular formula is C16H24N2OS. The molecule has 3 nitrogen and oxygen atoms in total. The molecular weight excluding hydrogens is 268 g/mol. The first-order chi connectivity index (χ1) is 9.86. The van der Waals surface area contributed by atoms with Gasteiger partial charge < -0.3 is 14.6 Å². The van der Waals surface area contributed by atoms with E-state index in [0.29, 0.717) is 0 Å². The third-order valence-electron chi connectivity index (χ3n) is 3.35. The van der Waals surface area contributed by atoms with Crippen LogP contribution in [-0.4, -0.2) is 36.3 Å². The summed E-state index contributed by atoms with van der Waals surface area (Å²) in [5.41, 5.74) is 2.74. The molecule has 0 aliphatic carbocycles. The number of nitrogens with one attached hydrogen (secondary N) is 1. The van der Waals surface area contributed by atoms with Crippen molar-refractivity contribution in [2.75, 3.05) is 31.8 Å². The van der Waals surface area contributed by atoms with Gasteiger partial charge in [0.1, 0.15) is 0 Å². The van der Waals surface area contributed by atoms with Gasteiger partial charge in [-0.25, -0.2) is 0 Å². The lowest BCUT2D eigenvalue weighted by atomic mass is 10.1. The topological polar surface area (TPSA) is 26.2 Å². The zero-order valence-corrected chi connectivity index (χ0v) is 13.2. The number of hydrogen-bond donors (Lipinski definition) is 1. The van der Waals surface area contributed by atoms with Gasteiger partial charge in [0, 0.05) is 38.7 Å². The van der Waals surface area contributed by atoms with Crippen molar-refractivity contribution in [3.05, 3.63) is 36.0 Å². The van der Waals surface area contributed by atoms with Gasteiger partial charge in [-0.05, 0) is 22.8 Å². The quantitative estimate of drug-likeness (QED) is 0.719. The number of fused-ring (bicyclic) bond motifs is 1. The van der Waals surface area contributed by atoms with Crippen LogP contribution in [-0.2, 0) is 17.8 Å². The molecule has 0 unspecified atom stereocenters. The maximum absolute atomic E-state index is 5.07. The minimum absolute atomic E-state index is 0.754. The number of methoxy groups -OCH3 is 1. The SMILES string of the molecule is CCSCCn1ccc2cccc(CNCCOC)c21. The number of ether oxygens (including phenoxy) is 1. The van der Waals surface area contributed by atoms with Crippen molar-refractivity contribution >= 4 is 22.7 Å². The summed E-state index contributed by atoms with van der Waals surface area (Å²) in [7, 11) is 1.74. The standard InChI is InChI=1S/C16H24N2OS/c1-3-20-12-10-18-9-7-14-5-4-6-15(16(14)18)13-17-8-11-19-2/h4-7,9,17H,3,8,10-13H2,1-2H3. The Bertz CT molecular complexity index is 524. The summed E-state index contributed by atoms with van der Waals surface area (Å²) >= 11 is 1.99. The number of aromatic nitrogens is 1. The molecule has 1 N–H and O–H groups in total. The highest BCUT2D eigenvalue weighted by Gasteiger charge is 2.06. The van der Waals surface area contributed by atoms with Gasteiger partial charge in [-0.2, -0.15) is 11.8 Å². The fraction of sp³-hybridized carbons (Fsp3) is 0.500. The Morgan fingerprint density at radius 3 is 3.00 bits per heavy atom. The predicted octanol–water partition coefficient (Wildman–Crippen LogP) is 3.13. The highest BCUT2D eigenvalue weighted by atomic mass is 32.2. The molecule has 1 aromatic carbocycles. The van der Waals surface area contributed by atoms with Crippen molar-refractivity contribution < 1.29 is 4.74 Å². The Labute approximate surface area is 125 Å². The third kappa shape index (κ3) is 4.01. The van der Waals surface area contributed by atoms with E-state index < -0.39 is 0 Å². The van der Waals surface area contributed by atoms with Crippen LogP contribution in [0, 0.1) is 0 Å².